The first kappa shape index (κ1) is 13.3. The molecular weight excluding hydrogens is 206 g/mol. The van der Waals surface area contributed by atoms with Crippen LogP contribution in [0.5, 0.6) is 0 Å². The van der Waals surface area contributed by atoms with E-state index in [9.17, 15) is 5.11 Å². The molecule has 3 heteroatoms. The van der Waals surface area contributed by atoms with Gasteiger partial charge in [-0.2, -0.15) is 11.8 Å². The van der Waals surface area contributed by atoms with Gasteiger partial charge >= 0.3 is 0 Å². The normalized spacial score (nSPS) is 21.8. The van der Waals surface area contributed by atoms with Gasteiger partial charge in [0.25, 0.3) is 0 Å². The third-order valence-electron chi connectivity index (χ3n) is 3.76. The molecule has 1 aliphatic heterocycles. The van der Waals surface area contributed by atoms with Gasteiger partial charge in [0.05, 0.1) is 0 Å². The molecule has 0 spiro atoms. The van der Waals surface area contributed by atoms with E-state index in [4.69, 9.17) is 0 Å². The maximum atomic E-state index is 9.42. The number of thioether (sulfide) groups is 1. The molecule has 0 atom stereocenters. The average Bonchev–Trinajstić information content (AvgIpc) is 2.31. The average molecular weight is 231 g/mol. The van der Waals surface area contributed by atoms with E-state index in [2.05, 4.69) is 18.7 Å². The Morgan fingerprint density at radius 2 is 1.93 bits per heavy atom. The van der Waals surface area contributed by atoms with Crippen LogP contribution in [0.4, 0.5) is 0 Å². The first-order chi connectivity index (χ1) is 7.26. The van der Waals surface area contributed by atoms with Gasteiger partial charge in [0.1, 0.15) is 0 Å². The summed E-state index contributed by atoms with van der Waals surface area (Å²) in [7, 11) is 0. The van der Waals surface area contributed by atoms with Crippen LogP contribution in [0.3, 0.4) is 0 Å². The topological polar surface area (TPSA) is 23.5 Å². The lowest BCUT2D eigenvalue weighted by Gasteiger charge is -2.40. The lowest BCUT2D eigenvalue weighted by Crippen LogP contribution is -2.42. The fourth-order valence-electron chi connectivity index (χ4n) is 2.21. The van der Waals surface area contributed by atoms with Gasteiger partial charge in [-0.1, -0.05) is 13.8 Å². The van der Waals surface area contributed by atoms with E-state index in [0.717, 1.165) is 6.42 Å². The van der Waals surface area contributed by atoms with E-state index in [1.54, 1.807) is 0 Å². The quantitative estimate of drug-likeness (QED) is 0.709. The zero-order chi connectivity index (χ0) is 11.1. The number of aliphatic hydroxyl groups excluding tert-OH is 1. The molecule has 1 fully saturated rings. The fourth-order valence-corrected chi connectivity index (χ4v) is 2.89. The number of piperidine rings is 1. The molecule has 0 aliphatic carbocycles. The second-order valence-corrected chi connectivity index (χ2v) is 5.94. The molecule has 0 saturated carbocycles. The molecule has 0 aromatic carbocycles. The van der Waals surface area contributed by atoms with E-state index in [1.807, 2.05) is 11.8 Å². The van der Waals surface area contributed by atoms with Gasteiger partial charge in [0.2, 0.25) is 0 Å². The van der Waals surface area contributed by atoms with Crippen molar-refractivity contribution in [2.45, 2.75) is 33.1 Å². The second kappa shape index (κ2) is 6.77. The standard InChI is InChI=1S/C12H25NOS/c1-3-12(11-14)5-7-13(8-6-12)9-10-15-4-2/h14H,3-11H2,1-2H3. The van der Waals surface area contributed by atoms with Crippen LogP contribution in [0.1, 0.15) is 33.1 Å². The highest BCUT2D eigenvalue weighted by atomic mass is 32.2. The van der Waals surface area contributed by atoms with Crippen molar-refractivity contribution < 1.29 is 5.11 Å². The number of likely N-dealkylation sites (tertiary alicyclic amines) is 1. The largest absolute Gasteiger partial charge is 0.396 e. The molecule has 1 saturated heterocycles. The highest BCUT2D eigenvalue weighted by Crippen LogP contribution is 2.34. The number of hydrogen-bond donors (Lipinski definition) is 1. The minimum Gasteiger partial charge on any atom is -0.396 e. The molecule has 0 aromatic rings. The van der Waals surface area contributed by atoms with Crippen molar-refractivity contribution in [1.82, 2.24) is 4.90 Å². The van der Waals surface area contributed by atoms with Crippen LogP contribution in [-0.2, 0) is 0 Å². The number of nitrogens with zero attached hydrogens (tertiary/aromatic N) is 1. The summed E-state index contributed by atoms with van der Waals surface area (Å²) < 4.78 is 0. The van der Waals surface area contributed by atoms with Crippen molar-refractivity contribution in [2.24, 2.45) is 5.41 Å². The summed E-state index contributed by atoms with van der Waals surface area (Å²) in [5, 5.41) is 9.42. The lowest BCUT2D eigenvalue weighted by atomic mass is 9.77. The summed E-state index contributed by atoms with van der Waals surface area (Å²) in [6.07, 6.45) is 3.48. The minimum atomic E-state index is 0.244. The van der Waals surface area contributed by atoms with E-state index < -0.39 is 0 Å². The summed E-state index contributed by atoms with van der Waals surface area (Å²) >= 11 is 2.02. The van der Waals surface area contributed by atoms with E-state index >= 15 is 0 Å². The van der Waals surface area contributed by atoms with Crippen LogP contribution < -0.4 is 0 Å². The summed E-state index contributed by atoms with van der Waals surface area (Å²) in [6, 6.07) is 0. The summed E-state index contributed by atoms with van der Waals surface area (Å²) in [6.45, 7) is 8.38. The van der Waals surface area contributed by atoms with E-state index in [-0.39, 0.29) is 5.41 Å². The van der Waals surface area contributed by atoms with Crippen molar-refractivity contribution in [2.75, 3.05) is 37.7 Å². The van der Waals surface area contributed by atoms with Crippen LogP contribution in [0.25, 0.3) is 0 Å². The minimum absolute atomic E-state index is 0.244. The van der Waals surface area contributed by atoms with Crippen molar-refractivity contribution in [3.05, 3.63) is 0 Å². The molecule has 1 rings (SSSR count). The highest BCUT2D eigenvalue weighted by Gasteiger charge is 2.31. The summed E-state index contributed by atoms with van der Waals surface area (Å²) in [5.41, 5.74) is 0.244. The van der Waals surface area contributed by atoms with Crippen molar-refractivity contribution in [3.63, 3.8) is 0 Å². The Hall–Kier alpha value is 0.270. The zero-order valence-corrected chi connectivity index (χ0v) is 11.0. The number of rotatable bonds is 6. The third kappa shape index (κ3) is 3.97. The predicted molar refractivity (Wildman–Crippen MR) is 68.5 cm³/mol. The number of aliphatic hydroxyl groups is 1. The highest BCUT2D eigenvalue weighted by molar-refractivity contribution is 7.99. The Balaban J connectivity index is 2.22. The second-order valence-electron chi connectivity index (χ2n) is 4.55. The molecule has 0 bridgehead atoms. The van der Waals surface area contributed by atoms with Crippen molar-refractivity contribution >= 4 is 11.8 Å². The Bertz CT molecular complexity index is 161. The maximum absolute atomic E-state index is 9.42. The van der Waals surface area contributed by atoms with Gasteiger partial charge in [-0.15, -0.1) is 0 Å². The zero-order valence-electron chi connectivity index (χ0n) is 10.2. The van der Waals surface area contributed by atoms with Crippen molar-refractivity contribution in [3.8, 4) is 0 Å². The van der Waals surface area contributed by atoms with Crippen LogP contribution in [0.2, 0.25) is 0 Å². The molecule has 0 unspecified atom stereocenters. The van der Waals surface area contributed by atoms with Gasteiger partial charge < -0.3 is 10.0 Å². The van der Waals surface area contributed by atoms with Crippen LogP contribution in [0.15, 0.2) is 0 Å². The molecule has 90 valence electrons. The Kier molecular flexibility index (Phi) is 6.02. The summed E-state index contributed by atoms with van der Waals surface area (Å²) in [4.78, 5) is 2.55. The predicted octanol–water partition coefficient (Wildman–Crippen LogP) is 2.22. The molecule has 1 heterocycles. The van der Waals surface area contributed by atoms with Gasteiger partial charge in [0, 0.05) is 18.9 Å². The van der Waals surface area contributed by atoms with Gasteiger partial charge in [0.15, 0.2) is 0 Å². The maximum Gasteiger partial charge on any atom is 0.0488 e. The third-order valence-corrected chi connectivity index (χ3v) is 4.64. The van der Waals surface area contributed by atoms with E-state index in [1.165, 1.54) is 44.0 Å². The Morgan fingerprint density at radius 3 is 2.40 bits per heavy atom. The SMILES string of the molecule is CCSCCN1CCC(CC)(CO)CC1. The van der Waals surface area contributed by atoms with E-state index in [0.29, 0.717) is 6.61 Å². The molecular formula is C12H25NOS. The van der Waals surface area contributed by atoms with Gasteiger partial charge in [-0.05, 0) is 43.5 Å². The Labute approximate surface area is 98.4 Å². The monoisotopic (exact) mass is 231 g/mol. The van der Waals surface area contributed by atoms with Crippen molar-refractivity contribution in [1.29, 1.82) is 0 Å². The first-order valence-corrected chi connectivity index (χ1v) is 7.33. The van der Waals surface area contributed by atoms with Gasteiger partial charge in [-0.25, -0.2) is 0 Å². The summed E-state index contributed by atoms with van der Waals surface area (Å²) in [5.74, 6) is 2.48. The molecule has 1 N–H and O–H groups in total. The molecule has 0 radical (unpaired) electrons. The number of hydrogen-bond acceptors (Lipinski definition) is 3. The molecule has 15 heavy (non-hydrogen) atoms. The smallest absolute Gasteiger partial charge is 0.0488 e. The van der Waals surface area contributed by atoms with Gasteiger partial charge in [-0.3, -0.25) is 0 Å². The van der Waals surface area contributed by atoms with Crippen LogP contribution in [0, 0.1) is 5.41 Å². The van der Waals surface area contributed by atoms with Crippen LogP contribution >= 0.6 is 11.8 Å². The molecule has 1 aliphatic rings. The lowest BCUT2D eigenvalue weighted by molar-refractivity contribution is 0.0433. The molecule has 0 aromatic heterocycles. The first-order valence-electron chi connectivity index (χ1n) is 6.17. The van der Waals surface area contributed by atoms with Crippen LogP contribution in [-0.4, -0.2) is 47.8 Å². The Morgan fingerprint density at radius 1 is 1.27 bits per heavy atom. The molecule has 2 nitrogen and oxygen atoms in total. The fraction of sp³-hybridized carbons (Fsp3) is 1.00. The molecule has 0 amide bonds.